The van der Waals surface area contributed by atoms with Crippen molar-refractivity contribution in [3.05, 3.63) is 35.4 Å². The van der Waals surface area contributed by atoms with Gasteiger partial charge in [-0.3, -0.25) is 9.69 Å². The molecule has 1 fully saturated rings. The van der Waals surface area contributed by atoms with Crippen molar-refractivity contribution in [2.24, 2.45) is 11.7 Å². The van der Waals surface area contributed by atoms with E-state index in [9.17, 15) is 9.59 Å². The minimum absolute atomic E-state index is 0.00956. The van der Waals surface area contributed by atoms with Crippen molar-refractivity contribution < 1.29 is 9.59 Å². The molecule has 24 heavy (non-hydrogen) atoms. The van der Waals surface area contributed by atoms with Crippen LogP contribution in [0.3, 0.4) is 0 Å². The van der Waals surface area contributed by atoms with Crippen LogP contribution in [-0.4, -0.2) is 54.0 Å². The van der Waals surface area contributed by atoms with E-state index in [1.165, 1.54) is 11.1 Å². The summed E-state index contributed by atoms with van der Waals surface area (Å²) in [6.07, 6.45) is 0. The second kappa shape index (κ2) is 8.15. The highest BCUT2D eigenvalue weighted by Crippen LogP contribution is 2.13. The zero-order chi connectivity index (χ0) is 17.7. The number of aryl methyl sites for hydroxylation is 1. The molecule has 1 aliphatic heterocycles. The SMILES string of the molecule is Cc1cccc(CN2CCN(C(=O)[C@@H](NC(N)=O)C(C)C)CC2)c1. The molecule has 3 amide bonds. The Hall–Kier alpha value is -2.08. The fourth-order valence-electron chi connectivity index (χ4n) is 3.06. The highest BCUT2D eigenvalue weighted by Gasteiger charge is 2.30. The quantitative estimate of drug-likeness (QED) is 0.854. The standard InChI is InChI=1S/C18H28N4O2/c1-13(2)16(20-18(19)24)17(23)22-9-7-21(8-10-22)12-15-6-4-5-14(3)11-15/h4-6,11,13,16H,7-10,12H2,1-3H3,(H3,19,20,24)/t16-/m0/s1. The van der Waals surface area contributed by atoms with E-state index in [2.05, 4.69) is 41.4 Å². The molecular weight excluding hydrogens is 304 g/mol. The van der Waals surface area contributed by atoms with E-state index in [-0.39, 0.29) is 11.8 Å². The van der Waals surface area contributed by atoms with E-state index in [0.29, 0.717) is 13.1 Å². The smallest absolute Gasteiger partial charge is 0.312 e. The molecular formula is C18H28N4O2. The first kappa shape index (κ1) is 18.3. The number of urea groups is 1. The van der Waals surface area contributed by atoms with Crippen molar-refractivity contribution in [3.63, 3.8) is 0 Å². The molecule has 1 aromatic carbocycles. The van der Waals surface area contributed by atoms with Crippen LogP contribution < -0.4 is 11.1 Å². The van der Waals surface area contributed by atoms with Gasteiger partial charge in [-0.1, -0.05) is 43.7 Å². The lowest BCUT2D eigenvalue weighted by molar-refractivity contribution is -0.136. The summed E-state index contributed by atoms with van der Waals surface area (Å²) in [5.74, 6) is -0.0330. The molecule has 132 valence electrons. The lowest BCUT2D eigenvalue weighted by Crippen LogP contribution is -2.57. The van der Waals surface area contributed by atoms with E-state index >= 15 is 0 Å². The number of hydrogen-bond acceptors (Lipinski definition) is 3. The number of amides is 3. The predicted octanol–water partition coefficient (Wildman–Crippen LogP) is 1.33. The molecule has 0 bridgehead atoms. The summed E-state index contributed by atoms with van der Waals surface area (Å²) in [5, 5.41) is 2.57. The maximum atomic E-state index is 12.6. The van der Waals surface area contributed by atoms with Gasteiger partial charge in [-0.25, -0.2) is 4.79 Å². The van der Waals surface area contributed by atoms with Crippen LogP contribution in [0.2, 0.25) is 0 Å². The number of nitrogens with one attached hydrogen (secondary N) is 1. The number of nitrogens with zero attached hydrogens (tertiary/aromatic N) is 2. The Morgan fingerprint density at radius 1 is 1.21 bits per heavy atom. The predicted molar refractivity (Wildman–Crippen MR) is 94.4 cm³/mol. The van der Waals surface area contributed by atoms with Crippen molar-refractivity contribution in [1.82, 2.24) is 15.1 Å². The van der Waals surface area contributed by atoms with Crippen LogP contribution in [0.4, 0.5) is 4.79 Å². The van der Waals surface area contributed by atoms with Gasteiger partial charge < -0.3 is 16.0 Å². The summed E-state index contributed by atoms with van der Waals surface area (Å²) in [7, 11) is 0. The highest BCUT2D eigenvalue weighted by molar-refractivity contribution is 5.86. The molecule has 2 rings (SSSR count). The number of benzene rings is 1. The summed E-state index contributed by atoms with van der Waals surface area (Å²) < 4.78 is 0. The number of hydrogen-bond donors (Lipinski definition) is 2. The van der Waals surface area contributed by atoms with E-state index in [1.54, 1.807) is 0 Å². The average molecular weight is 332 g/mol. The van der Waals surface area contributed by atoms with E-state index < -0.39 is 12.1 Å². The Kier molecular flexibility index (Phi) is 6.20. The van der Waals surface area contributed by atoms with Gasteiger partial charge in [0.25, 0.3) is 0 Å². The fraction of sp³-hybridized carbons (Fsp3) is 0.556. The largest absolute Gasteiger partial charge is 0.352 e. The lowest BCUT2D eigenvalue weighted by Gasteiger charge is -2.37. The molecule has 0 unspecified atom stereocenters. The topological polar surface area (TPSA) is 78.7 Å². The molecule has 1 atom stereocenters. The van der Waals surface area contributed by atoms with Crippen molar-refractivity contribution in [2.75, 3.05) is 26.2 Å². The first-order chi connectivity index (χ1) is 11.4. The van der Waals surface area contributed by atoms with Crippen LogP contribution in [0.15, 0.2) is 24.3 Å². The number of piperazine rings is 1. The van der Waals surface area contributed by atoms with E-state index in [1.807, 2.05) is 18.7 Å². The average Bonchev–Trinajstić information content (AvgIpc) is 2.52. The molecule has 6 heteroatoms. The molecule has 3 N–H and O–H groups in total. The third-order valence-electron chi connectivity index (χ3n) is 4.40. The van der Waals surface area contributed by atoms with Crippen LogP contribution >= 0.6 is 0 Å². The van der Waals surface area contributed by atoms with Gasteiger partial charge in [0.2, 0.25) is 5.91 Å². The summed E-state index contributed by atoms with van der Waals surface area (Å²) in [6, 6.07) is 7.30. The Morgan fingerprint density at radius 2 is 1.88 bits per heavy atom. The van der Waals surface area contributed by atoms with Gasteiger partial charge in [0.15, 0.2) is 0 Å². The lowest BCUT2D eigenvalue weighted by atomic mass is 10.0. The van der Waals surface area contributed by atoms with E-state index in [0.717, 1.165) is 19.6 Å². The van der Waals surface area contributed by atoms with Crippen molar-refractivity contribution >= 4 is 11.9 Å². The van der Waals surface area contributed by atoms with Crippen molar-refractivity contribution in [3.8, 4) is 0 Å². The van der Waals surface area contributed by atoms with Crippen molar-refractivity contribution in [1.29, 1.82) is 0 Å². The van der Waals surface area contributed by atoms with Crippen molar-refractivity contribution in [2.45, 2.75) is 33.4 Å². The molecule has 1 saturated heterocycles. The second-order valence-corrected chi connectivity index (χ2v) is 6.82. The maximum Gasteiger partial charge on any atom is 0.312 e. The minimum atomic E-state index is -0.653. The molecule has 1 heterocycles. The summed E-state index contributed by atoms with van der Waals surface area (Å²) in [6.45, 7) is 9.83. The molecule has 0 radical (unpaired) electrons. The number of primary amides is 1. The van der Waals surface area contributed by atoms with Crippen LogP contribution in [0.1, 0.15) is 25.0 Å². The molecule has 1 aromatic rings. The first-order valence-electron chi connectivity index (χ1n) is 8.49. The monoisotopic (exact) mass is 332 g/mol. The van der Waals surface area contributed by atoms with Gasteiger partial charge in [-0.15, -0.1) is 0 Å². The molecule has 0 saturated carbocycles. The third kappa shape index (κ3) is 4.96. The van der Waals surface area contributed by atoms with Gasteiger partial charge in [0.05, 0.1) is 0 Å². The first-order valence-corrected chi connectivity index (χ1v) is 8.49. The molecule has 6 nitrogen and oxygen atoms in total. The minimum Gasteiger partial charge on any atom is -0.352 e. The van der Waals surface area contributed by atoms with E-state index in [4.69, 9.17) is 5.73 Å². The zero-order valence-electron chi connectivity index (χ0n) is 14.8. The highest BCUT2D eigenvalue weighted by atomic mass is 16.2. The number of nitrogens with two attached hydrogens (primary N) is 1. The second-order valence-electron chi connectivity index (χ2n) is 6.82. The molecule has 0 spiro atoms. The Morgan fingerprint density at radius 3 is 2.42 bits per heavy atom. The van der Waals surface area contributed by atoms with Gasteiger partial charge in [-0.2, -0.15) is 0 Å². The summed E-state index contributed by atoms with van der Waals surface area (Å²) >= 11 is 0. The number of carbonyl (C=O) groups is 2. The Balaban J connectivity index is 1.89. The summed E-state index contributed by atoms with van der Waals surface area (Å²) in [5.41, 5.74) is 7.75. The zero-order valence-corrected chi connectivity index (χ0v) is 14.8. The Bertz CT molecular complexity index is 580. The number of rotatable bonds is 5. The molecule has 0 aromatic heterocycles. The molecule has 0 aliphatic carbocycles. The van der Waals surface area contributed by atoms with Crippen LogP contribution in [0.5, 0.6) is 0 Å². The van der Waals surface area contributed by atoms with Gasteiger partial charge >= 0.3 is 6.03 Å². The molecule has 1 aliphatic rings. The maximum absolute atomic E-state index is 12.6. The normalized spacial score (nSPS) is 16.9. The van der Waals surface area contributed by atoms with Crippen LogP contribution in [0, 0.1) is 12.8 Å². The van der Waals surface area contributed by atoms with Crippen LogP contribution in [0.25, 0.3) is 0 Å². The fourth-order valence-corrected chi connectivity index (χ4v) is 3.06. The van der Waals surface area contributed by atoms with Gasteiger partial charge in [-0.05, 0) is 18.4 Å². The Labute approximate surface area is 144 Å². The summed E-state index contributed by atoms with van der Waals surface area (Å²) in [4.78, 5) is 27.9. The van der Waals surface area contributed by atoms with Gasteiger partial charge in [0, 0.05) is 32.7 Å². The third-order valence-corrected chi connectivity index (χ3v) is 4.40. The van der Waals surface area contributed by atoms with Gasteiger partial charge in [0.1, 0.15) is 6.04 Å². The van der Waals surface area contributed by atoms with Crippen LogP contribution in [-0.2, 0) is 11.3 Å². The number of carbonyl (C=O) groups excluding carboxylic acids is 2.